The first-order valence-electron chi connectivity index (χ1n) is 9.02. The average Bonchev–Trinajstić information content (AvgIpc) is 2.67. The van der Waals surface area contributed by atoms with E-state index in [0.717, 1.165) is 10.5 Å². The molecule has 0 aliphatic rings. The Kier molecular flexibility index (Phi) is 8.67. The molecule has 0 unspecified atom stereocenters. The van der Waals surface area contributed by atoms with Crippen molar-refractivity contribution in [2.24, 2.45) is 0 Å². The van der Waals surface area contributed by atoms with Crippen molar-refractivity contribution in [3.63, 3.8) is 0 Å². The van der Waals surface area contributed by atoms with Crippen molar-refractivity contribution in [2.45, 2.75) is 38.3 Å². The van der Waals surface area contributed by atoms with Gasteiger partial charge >= 0.3 is 0 Å². The number of likely N-dealkylation sites (N-methyl/N-ethyl adjacent to an activating group) is 1. The molecule has 4 nitrogen and oxygen atoms in total. The molecule has 2 rings (SSSR count). The van der Waals surface area contributed by atoms with Crippen LogP contribution < -0.4 is 5.32 Å². The van der Waals surface area contributed by atoms with Gasteiger partial charge in [0.2, 0.25) is 11.8 Å². The Hall–Kier alpha value is -1.69. The number of amides is 2. The van der Waals surface area contributed by atoms with Crippen molar-refractivity contribution < 1.29 is 9.59 Å². The van der Waals surface area contributed by atoms with E-state index in [1.165, 1.54) is 17.3 Å². The van der Waals surface area contributed by atoms with Gasteiger partial charge in [0, 0.05) is 18.0 Å². The highest BCUT2D eigenvalue weighted by Gasteiger charge is 2.26. The molecule has 0 radical (unpaired) electrons. The molecule has 0 heterocycles. The van der Waals surface area contributed by atoms with Crippen molar-refractivity contribution in [1.29, 1.82) is 0 Å². The largest absolute Gasteiger partial charge is 0.355 e. The summed E-state index contributed by atoms with van der Waals surface area (Å²) in [6.45, 7) is 6.39. The first-order valence-corrected chi connectivity index (χ1v) is 10.8. The van der Waals surface area contributed by atoms with E-state index in [1.54, 1.807) is 24.0 Å². The number of hydrogen-bond donors (Lipinski definition) is 1. The molecule has 0 spiro atoms. The average molecular weight is 439 g/mol. The Morgan fingerprint density at radius 2 is 1.79 bits per heavy atom. The number of aryl methyl sites for hydroxylation is 1. The maximum absolute atomic E-state index is 13.0. The molecule has 28 heavy (non-hydrogen) atoms. The lowest BCUT2D eigenvalue weighted by Gasteiger charge is -2.28. The zero-order valence-electron chi connectivity index (χ0n) is 16.2. The molecule has 2 aromatic carbocycles. The number of halogens is 2. The maximum atomic E-state index is 13.0. The van der Waals surface area contributed by atoms with Crippen molar-refractivity contribution in [2.75, 3.05) is 12.3 Å². The molecule has 0 bridgehead atoms. The van der Waals surface area contributed by atoms with Gasteiger partial charge in [0.15, 0.2) is 0 Å². The first kappa shape index (κ1) is 22.6. The van der Waals surface area contributed by atoms with E-state index in [9.17, 15) is 9.59 Å². The smallest absolute Gasteiger partial charge is 0.242 e. The van der Waals surface area contributed by atoms with Gasteiger partial charge in [-0.05, 0) is 50.6 Å². The highest BCUT2D eigenvalue weighted by molar-refractivity contribution is 8.00. The van der Waals surface area contributed by atoms with E-state index in [-0.39, 0.29) is 24.1 Å². The van der Waals surface area contributed by atoms with Gasteiger partial charge in [0.1, 0.15) is 6.04 Å². The Balaban J connectivity index is 2.15. The molecule has 150 valence electrons. The SMILES string of the molecule is CCNC(=O)[C@@H](C)N(Cc1ccc(Cl)c(Cl)c1)C(=O)CSc1ccc(C)cc1. The van der Waals surface area contributed by atoms with Crippen LogP contribution in [-0.2, 0) is 16.1 Å². The van der Waals surface area contributed by atoms with Crippen LogP contribution in [0.3, 0.4) is 0 Å². The van der Waals surface area contributed by atoms with E-state index in [0.29, 0.717) is 16.6 Å². The molecule has 2 aromatic rings. The second-order valence-corrected chi connectivity index (χ2v) is 8.31. The van der Waals surface area contributed by atoms with Gasteiger partial charge in [0.05, 0.1) is 15.8 Å². The molecule has 0 aromatic heterocycles. The van der Waals surface area contributed by atoms with Crippen molar-refractivity contribution in [3.8, 4) is 0 Å². The fourth-order valence-electron chi connectivity index (χ4n) is 2.60. The maximum Gasteiger partial charge on any atom is 0.242 e. The second-order valence-electron chi connectivity index (χ2n) is 6.44. The second kappa shape index (κ2) is 10.7. The van der Waals surface area contributed by atoms with Gasteiger partial charge in [-0.15, -0.1) is 11.8 Å². The van der Waals surface area contributed by atoms with Crippen molar-refractivity contribution >= 4 is 46.8 Å². The highest BCUT2D eigenvalue weighted by Crippen LogP contribution is 2.25. The number of benzene rings is 2. The van der Waals surface area contributed by atoms with Gasteiger partial charge < -0.3 is 10.2 Å². The van der Waals surface area contributed by atoms with Gasteiger partial charge in [0.25, 0.3) is 0 Å². The summed E-state index contributed by atoms with van der Waals surface area (Å²) in [4.78, 5) is 27.9. The van der Waals surface area contributed by atoms with Gasteiger partial charge in [-0.25, -0.2) is 0 Å². The molecular weight excluding hydrogens is 415 g/mol. The van der Waals surface area contributed by atoms with E-state index in [4.69, 9.17) is 23.2 Å². The number of rotatable bonds is 8. The fourth-order valence-corrected chi connectivity index (χ4v) is 3.71. The minimum Gasteiger partial charge on any atom is -0.355 e. The quantitative estimate of drug-likeness (QED) is 0.593. The van der Waals surface area contributed by atoms with Gasteiger partial charge in [-0.2, -0.15) is 0 Å². The van der Waals surface area contributed by atoms with E-state index in [2.05, 4.69) is 5.32 Å². The molecule has 0 saturated heterocycles. The Morgan fingerprint density at radius 3 is 2.39 bits per heavy atom. The molecule has 0 saturated carbocycles. The minimum absolute atomic E-state index is 0.115. The number of nitrogens with zero attached hydrogens (tertiary/aromatic N) is 1. The summed E-state index contributed by atoms with van der Waals surface area (Å²) in [7, 11) is 0. The van der Waals surface area contributed by atoms with Crippen LogP contribution in [0.25, 0.3) is 0 Å². The topological polar surface area (TPSA) is 49.4 Å². The Morgan fingerprint density at radius 1 is 1.11 bits per heavy atom. The monoisotopic (exact) mass is 438 g/mol. The van der Waals surface area contributed by atoms with Crippen LogP contribution in [0, 0.1) is 6.92 Å². The van der Waals surface area contributed by atoms with Crippen LogP contribution in [0.15, 0.2) is 47.4 Å². The summed E-state index contributed by atoms with van der Waals surface area (Å²) in [5.74, 6) is -0.0552. The number of hydrogen-bond acceptors (Lipinski definition) is 3. The zero-order chi connectivity index (χ0) is 20.7. The predicted molar refractivity (Wildman–Crippen MR) is 117 cm³/mol. The van der Waals surface area contributed by atoms with Crippen LogP contribution in [0.4, 0.5) is 0 Å². The lowest BCUT2D eigenvalue weighted by Crippen LogP contribution is -2.48. The fraction of sp³-hybridized carbons (Fsp3) is 0.333. The first-order chi connectivity index (χ1) is 13.3. The summed E-state index contributed by atoms with van der Waals surface area (Å²) < 4.78 is 0. The Bertz CT molecular complexity index is 828. The molecule has 0 fully saturated rings. The van der Waals surface area contributed by atoms with E-state index < -0.39 is 6.04 Å². The van der Waals surface area contributed by atoms with Crippen LogP contribution in [0.5, 0.6) is 0 Å². The van der Waals surface area contributed by atoms with Gasteiger partial charge in [-0.3, -0.25) is 9.59 Å². The highest BCUT2D eigenvalue weighted by atomic mass is 35.5. The summed E-state index contributed by atoms with van der Waals surface area (Å²) in [6.07, 6.45) is 0. The van der Waals surface area contributed by atoms with Crippen LogP contribution in [0.1, 0.15) is 25.0 Å². The molecule has 1 N–H and O–H groups in total. The minimum atomic E-state index is -0.597. The molecule has 7 heteroatoms. The lowest BCUT2D eigenvalue weighted by atomic mass is 10.1. The zero-order valence-corrected chi connectivity index (χ0v) is 18.5. The molecular formula is C21H24Cl2N2O2S. The van der Waals surface area contributed by atoms with Crippen LogP contribution in [-0.4, -0.2) is 35.1 Å². The number of carbonyl (C=O) groups excluding carboxylic acids is 2. The number of nitrogens with one attached hydrogen (secondary N) is 1. The summed E-state index contributed by atoms with van der Waals surface area (Å²) >= 11 is 13.5. The molecule has 1 atom stereocenters. The van der Waals surface area contributed by atoms with Gasteiger partial charge in [-0.1, -0.05) is 47.0 Å². The summed E-state index contributed by atoms with van der Waals surface area (Å²) in [6, 6.07) is 12.6. The van der Waals surface area contributed by atoms with Crippen LogP contribution >= 0.6 is 35.0 Å². The van der Waals surface area contributed by atoms with Crippen LogP contribution in [0.2, 0.25) is 10.0 Å². The van der Waals surface area contributed by atoms with Crippen molar-refractivity contribution in [1.82, 2.24) is 10.2 Å². The third kappa shape index (κ3) is 6.43. The van der Waals surface area contributed by atoms with E-state index >= 15 is 0 Å². The molecule has 2 amide bonds. The van der Waals surface area contributed by atoms with E-state index in [1.807, 2.05) is 44.2 Å². The molecule has 0 aliphatic heterocycles. The third-order valence-corrected chi connectivity index (χ3v) is 5.97. The lowest BCUT2D eigenvalue weighted by molar-refractivity contribution is -0.138. The number of carbonyl (C=O) groups is 2. The Labute approximate surface area is 180 Å². The third-order valence-electron chi connectivity index (χ3n) is 4.24. The normalized spacial score (nSPS) is 11.8. The molecule has 0 aliphatic carbocycles. The summed E-state index contributed by atoms with van der Waals surface area (Å²) in [5, 5.41) is 3.66. The number of thioether (sulfide) groups is 1. The van der Waals surface area contributed by atoms with Crippen molar-refractivity contribution in [3.05, 3.63) is 63.6 Å². The predicted octanol–water partition coefficient (Wildman–Crippen LogP) is 4.95. The standard InChI is InChI=1S/C21H24Cl2N2O2S/c1-4-24-21(27)15(3)25(12-16-7-10-18(22)19(23)11-16)20(26)13-28-17-8-5-14(2)6-9-17/h5-11,15H,4,12-13H2,1-3H3,(H,24,27)/t15-/m1/s1. The summed E-state index contributed by atoms with van der Waals surface area (Å²) in [5.41, 5.74) is 1.99.